The average molecular weight is 421 g/mol. The minimum atomic E-state index is -0.730. The van der Waals surface area contributed by atoms with E-state index in [2.05, 4.69) is 21.1 Å². The molecule has 2 N–H and O–H groups in total. The monoisotopic (exact) mass is 420 g/mol. The van der Waals surface area contributed by atoms with Crippen LogP contribution in [-0.4, -0.2) is 11.8 Å². The molecule has 0 atom stereocenters. The number of benzene rings is 1. The largest absolute Gasteiger partial charge is 0.484 e. The van der Waals surface area contributed by atoms with Gasteiger partial charge < -0.3 is 19.7 Å². The molecule has 25 heavy (non-hydrogen) atoms. The molecule has 8 heteroatoms. The van der Waals surface area contributed by atoms with Crippen LogP contribution in [0.1, 0.15) is 21.2 Å². The fraction of sp³-hybridized carbons (Fsp3) is 0.0588. The van der Waals surface area contributed by atoms with Gasteiger partial charge in [0.2, 0.25) is 5.76 Å². The minimum absolute atomic E-state index is 0.0217. The zero-order valence-electron chi connectivity index (χ0n) is 12.8. The van der Waals surface area contributed by atoms with Crippen molar-refractivity contribution >= 4 is 39.1 Å². The highest BCUT2D eigenvalue weighted by molar-refractivity contribution is 9.10. The number of rotatable bonds is 6. The Balaban J connectivity index is 1.58. The van der Waals surface area contributed by atoms with Crippen LogP contribution in [0.2, 0.25) is 0 Å². The van der Waals surface area contributed by atoms with E-state index >= 15 is 0 Å². The highest BCUT2D eigenvalue weighted by atomic mass is 79.9. The first-order valence-electron chi connectivity index (χ1n) is 7.18. The number of amidine groups is 1. The van der Waals surface area contributed by atoms with Crippen molar-refractivity contribution in [3.63, 3.8) is 0 Å². The van der Waals surface area contributed by atoms with E-state index < -0.39 is 5.97 Å². The number of thiophene rings is 1. The van der Waals surface area contributed by atoms with Crippen molar-refractivity contribution in [1.29, 1.82) is 0 Å². The number of ether oxygens (including phenoxy) is 1. The third kappa shape index (κ3) is 4.49. The van der Waals surface area contributed by atoms with Gasteiger partial charge in [-0.3, -0.25) is 0 Å². The van der Waals surface area contributed by atoms with E-state index in [1.807, 2.05) is 35.7 Å². The highest BCUT2D eigenvalue weighted by Gasteiger charge is 2.14. The number of nitrogens with zero attached hydrogens (tertiary/aromatic N) is 1. The van der Waals surface area contributed by atoms with Crippen molar-refractivity contribution < 1.29 is 18.8 Å². The van der Waals surface area contributed by atoms with Crippen molar-refractivity contribution in [1.82, 2.24) is 0 Å². The molecule has 0 aliphatic heterocycles. The lowest BCUT2D eigenvalue weighted by Gasteiger charge is -2.05. The van der Waals surface area contributed by atoms with E-state index in [1.54, 1.807) is 12.1 Å². The molecule has 128 valence electrons. The Morgan fingerprint density at radius 1 is 1.20 bits per heavy atom. The van der Waals surface area contributed by atoms with Gasteiger partial charge in [0.25, 0.3) is 0 Å². The number of nitrogens with two attached hydrogens (primary N) is 1. The van der Waals surface area contributed by atoms with Gasteiger partial charge in [0.15, 0.2) is 5.84 Å². The molecular formula is C17H13BrN2O4S. The van der Waals surface area contributed by atoms with Gasteiger partial charge in [0, 0.05) is 0 Å². The summed E-state index contributed by atoms with van der Waals surface area (Å²) < 4.78 is 11.9. The van der Waals surface area contributed by atoms with Gasteiger partial charge in [-0.25, -0.2) is 4.79 Å². The molecule has 3 rings (SSSR count). The van der Waals surface area contributed by atoms with Gasteiger partial charge in [-0.1, -0.05) is 23.4 Å². The third-order valence-electron chi connectivity index (χ3n) is 3.07. The van der Waals surface area contributed by atoms with E-state index in [4.69, 9.17) is 19.7 Å². The highest BCUT2D eigenvalue weighted by Crippen LogP contribution is 2.25. The second-order valence-corrected chi connectivity index (χ2v) is 6.62. The topological polar surface area (TPSA) is 87.1 Å². The van der Waals surface area contributed by atoms with Crippen molar-refractivity contribution in [3.8, 4) is 5.75 Å². The average Bonchev–Trinajstić information content (AvgIpc) is 3.30. The summed E-state index contributed by atoms with van der Waals surface area (Å²) in [7, 11) is 0. The number of carbonyl (C=O) groups is 1. The van der Waals surface area contributed by atoms with Gasteiger partial charge in [0.05, 0.1) is 9.35 Å². The van der Waals surface area contributed by atoms with Crippen molar-refractivity contribution in [2.45, 2.75) is 6.61 Å². The fourth-order valence-electron chi connectivity index (χ4n) is 1.88. The van der Waals surface area contributed by atoms with Crippen LogP contribution in [0.25, 0.3) is 0 Å². The van der Waals surface area contributed by atoms with Crippen LogP contribution in [0.5, 0.6) is 5.75 Å². The molecule has 3 aromatic rings. The second-order valence-electron chi connectivity index (χ2n) is 4.82. The summed E-state index contributed by atoms with van der Waals surface area (Å²) >= 11 is 4.79. The second kappa shape index (κ2) is 8.00. The maximum Gasteiger partial charge on any atom is 0.400 e. The first-order valence-corrected chi connectivity index (χ1v) is 8.85. The van der Waals surface area contributed by atoms with Crippen LogP contribution in [0.3, 0.4) is 0 Å². The Kier molecular flexibility index (Phi) is 5.52. The van der Waals surface area contributed by atoms with Crippen molar-refractivity contribution in [2.75, 3.05) is 0 Å². The van der Waals surface area contributed by atoms with Crippen LogP contribution in [0.15, 0.2) is 68.0 Å². The molecule has 2 heterocycles. The SMILES string of the molecule is N/C(=N\OC(=O)c1ccc(COc2ccccc2Br)o1)c1cccs1. The third-order valence-corrected chi connectivity index (χ3v) is 4.62. The summed E-state index contributed by atoms with van der Waals surface area (Å²) in [6.07, 6.45) is 0. The van der Waals surface area contributed by atoms with Gasteiger partial charge in [-0.05, 0) is 51.6 Å². The molecule has 0 saturated carbocycles. The minimum Gasteiger partial charge on any atom is -0.484 e. The summed E-state index contributed by atoms with van der Waals surface area (Å²) in [5, 5.41) is 5.47. The molecule has 0 amide bonds. The molecule has 0 radical (unpaired) electrons. The standard InChI is InChI=1S/C17H13BrN2O4S/c18-12-4-1-2-5-13(12)22-10-11-7-8-14(23-11)17(21)24-20-16(19)15-6-3-9-25-15/h1-9H,10H2,(H2,19,20). The maximum atomic E-state index is 11.9. The van der Waals surface area contributed by atoms with Crippen LogP contribution >= 0.6 is 27.3 Å². The molecule has 0 saturated heterocycles. The Labute approximate surface area is 156 Å². The Morgan fingerprint density at radius 2 is 2.04 bits per heavy atom. The lowest BCUT2D eigenvalue weighted by molar-refractivity contribution is 0.0475. The van der Waals surface area contributed by atoms with Crippen LogP contribution in [0, 0.1) is 0 Å². The van der Waals surface area contributed by atoms with Crippen LogP contribution < -0.4 is 10.5 Å². The van der Waals surface area contributed by atoms with Crippen molar-refractivity contribution in [3.05, 3.63) is 74.8 Å². The van der Waals surface area contributed by atoms with E-state index in [0.29, 0.717) is 11.5 Å². The predicted octanol–water partition coefficient (Wildman–Crippen LogP) is 4.16. The van der Waals surface area contributed by atoms with Gasteiger partial charge in [0.1, 0.15) is 18.1 Å². The number of carbonyl (C=O) groups excluding carboxylic acids is 1. The molecule has 2 aromatic heterocycles. The van der Waals surface area contributed by atoms with Crippen LogP contribution in [-0.2, 0) is 11.4 Å². The molecule has 1 aromatic carbocycles. The molecular weight excluding hydrogens is 408 g/mol. The molecule has 0 aliphatic carbocycles. The first kappa shape index (κ1) is 17.2. The summed E-state index contributed by atoms with van der Waals surface area (Å²) in [6, 6.07) is 14.2. The Morgan fingerprint density at radius 3 is 2.80 bits per heavy atom. The number of hydrogen-bond donors (Lipinski definition) is 1. The molecule has 0 bridgehead atoms. The summed E-state index contributed by atoms with van der Waals surface area (Å²) in [4.78, 5) is 17.5. The van der Waals surface area contributed by atoms with Gasteiger partial charge >= 0.3 is 5.97 Å². The molecule has 6 nitrogen and oxygen atoms in total. The zero-order valence-corrected chi connectivity index (χ0v) is 15.2. The lowest BCUT2D eigenvalue weighted by atomic mass is 10.3. The summed E-state index contributed by atoms with van der Waals surface area (Å²) in [5.41, 5.74) is 5.73. The summed E-state index contributed by atoms with van der Waals surface area (Å²) in [5.74, 6) is 0.585. The maximum absolute atomic E-state index is 11.9. The number of hydrogen-bond acceptors (Lipinski definition) is 6. The van der Waals surface area contributed by atoms with E-state index in [-0.39, 0.29) is 18.2 Å². The Hall–Kier alpha value is -2.58. The number of oxime groups is 1. The van der Waals surface area contributed by atoms with Gasteiger partial charge in [-0.2, -0.15) is 0 Å². The number of halogens is 1. The smallest absolute Gasteiger partial charge is 0.400 e. The first-order chi connectivity index (χ1) is 12.1. The Bertz CT molecular complexity index is 890. The number of furan rings is 1. The quantitative estimate of drug-likeness (QED) is 0.280. The predicted molar refractivity (Wildman–Crippen MR) is 97.6 cm³/mol. The van der Waals surface area contributed by atoms with E-state index in [0.717, 1.165) is 9.35 Å². The fourth-order valence-corrected chi connectivity index (χ4v) is 2.90. The zero-order chi connectivity index (χ0) is 17.6. The molecule has 0 fully saturated rings. The normalized spacial score (nSPS) is 11.3. The van der Waals surface area contributed by atoms with Gasteiger partial charge in [-0.15, -0.1) is 11.3 Å². The molecule has 0 spiro atoms. The number of para-hydroxylation sites is 1. The lowest BCUT2D eigenvalue weighted by Crippen LogP contribution is -2.13. The van der Waals surface area contributed by atoms with Crippen molar-refractivity contribution in [2.24, 2.45) is 10.9 Å². The molecule has 0 aliphatic rings. The summed E-state index contributed by atoms with van der Waals surface area (Å²) in [6.45, 7) is 0.177. The molecule has 0 unspecified atom stereocenters. The van der Waals surface area contributed by atoms with E-state index in [9.17, 15) is 4.79 Å². The van der Waals surface area contributed by atoms with Crippen LogP contribution in [0.4, 0.5) is 0 Å². The van der Waals surface area contributed by atoms with E-state index in [1.165, 1.54) is 17.4 Å².